The summed E-state index contributed by atoms with van der Waals surface area (Å²) in [6.45, 7) is 2.19. The standard InChI is InChI=1S/C26H29N3O4/c1-18-6-4-5-7-22(18)23(16-24(27-33)21-12-13-25(31)29(3)17-21)19-8-10-20(11-9-19)26(32)28(2)14-15-30/h4-13,17,23-24,30H,14-16H2,1-3H3. The smallest absolute Gasteiger partial charge is 0.253 e. The van der Waals surface area contributed by atoms with Crippen LogP contribution in [0.1, 0.15) is 51.0 Å². The molecule has 1 heterocycles. The number of hydrogen-bond donors (Lipinski definition) is 1. The molecule has 0 fully saturated rings. The Kier molecular flexibility index (Phi) is 7.90. The van der Waals surface area contributed by atoms with Crippen LogP contribution in [-0.4, -0.2) is 40.7 Å². The average molecular weight is 448 g/mol. The average Bonchev–Trinajstić information content (AvgIpc) is 2.82. The molecule has 0 aliphatic rings. The molecule has 2 unspecified atom stereocenters. The summed E-state index contributed by atoms with van der Waals surface area (Å²) < 4.78 is 1.44. The molecule has 0 aliphatic heterocycles. The van der Waals surface area contributed by atoms with Crippen molar-refractivity contribution in [3.8, 4) is 0 Å². The van der Waals surface area contributed by atoms with E-state index in [0.717, 1.165) is 16.7 Å². The Hall–Kier alpha value is -3.58. The van der Waals surface area contributed by atoms with Gasteiger partial charge in [-0.05, 0) is 53.8 Å². The van der Waals surface area contributed by atoms with Gasteiger partial charge >= 0.3 is 0 Å². The van der Waals surface area contributed by atoms with Crippen LogP contribution in [-0.2, 0) is 7.05 Å². The summed E-state index contributed by atoms with van der Waals surface area (Å²) >= 11 is 0. The van der Waals surface area contributed by atoms with Crippen LogP contribution in [0.25, 0.3) is 0 Å². The molecule has 0 bridgehead atoms. The van der Waals surface area contributed by atoms with Crippen LogP contribution >= 0.6 is 0 Å². The molecule has 1 amide bonds. The summed E-state index contributed by atoms with van der Waals surface area (Å²) in [5, 5.41) is 12.5. The number of benzene rings is 2. The number of aromatic nitrogens is 1. The van der Waals surface area contributed by atoms with E-state index in [1.54, 1.807) is 38.5 Å². The molecule has 7 heteroatoms. The highest BCUT2D eigenvalue weighted by Gasteiger charge is 2.24. The van der Waals surface area contributed by atoms with Crippen LogP contribution < -0.4 is 5.56 Å². The van der Waals surface area contributed by atoms with Gasteiger partial charge in [-0.25, -0.2) is 0 Å². The van der Waals surface area contributed by atoms with Crippen molar-refractivity contribution in [3.63, 3.8) is 0 Å². The molecule has 3 aromatic rings. The fourth-order valence-corrected chi connectivity index (χ4v) is 4.03. The van der Waals surface area contributed by atoms with Crippen molar-refractivity contribution in [1.29, 1.82) is 0 Å². The first-order valence-corrected chi connectivity index (χ1v) is 10.9. The topological polar surface area (TPSA) is 92.0 Å². The van der Waals surface area contributed by atoms with Crippen LogP contribution in [0.2, 0.25) is 0 Å². The number of hydrogen-bond acceptors (Lipinski definition) is 5. The van der Waals surface area contributed by atoms with E-state index in [0.29, 0.717) is 17.5 Å². The highest BCUT2D eigenvalue weighted by atomic mass is 16.3. The minimum Gasteiger partial charge on any atom is -0.395 e. The van der Waals surface area contributed by atoms with E-state index >= 15 is 0 Å². The number of carbonyl (C=O) groups is 1. The molecule has 2 atom stereocenters. The number of aliphatic hydroxyl groups is 1. The summed E-state index contributed by atoms with van der Waals surface area (Å²) in [7, 11) is 3.30. The van der Waals surface area contributed by atoms with Crippen LogP contribution in [0.5, 0.6) is 0 Å². The lowest BCUT2D eigenvalue weighted by atomic mass is 9.82. The van der Waals surface area contributed by atoms with Crippen molar-refractivity contribution >= 4 is 5.91 Å². The molecule has 0 spiro atoms. The van der Waals surface area contributed by atoms with Crippen LogP contribution in [0.15, 0.2) is 76.8 Å². The summed E-state index contributed by atoms with van der Waals surface area (Å²) in [5.41, 5.74) is 4.20. The molecule has 0 saturated carbocycles. The van der Waals surface area contributed by atoms with Crippen molar-refractivity contribution in [2.75, 3.05) is 20.2 Å². The lowest BCUT2D eigenvalue weighted by molar-refractivity contribution is 0.0767. The normalized spacial score (nSPS) is 12.7. The van der Waals surface area contributed by atoms with Gasteiger partial charge in [-0.15, -0.1) is 0 Å². The number of aryl methyl sites for hydroxylation is 2. The maximum absolute atomic E-state index is 12.5. The van der Waals surface area contributed by atoms with Crippen molar-refractivity contribution < 1.29 is 9.90 Å². The molecule has 1 N–H and O–H groups in total. The van der Waals surface area contributed by atoms with Crippen molar-refractivity contribution in [2.45, 2.75) is 25.3 Å². The van der Waals surface area contributed by atoms with Crippen molar-refractivity contribution in [3.05, 3.63) is 110 Å². The Bertz CT molecular complexity index is 1170. The van der Waals surface area contributed by atoms with Crippen LogP contribution in [0.4, 0.5) is 0 Å². The number of rotatable bonds is 9. The molecule has 2 aromatic carbocycles. The monoisotopic (exact) mass is 447 g/mol. The van der Waals surface area contributed by atoms with E-state index in [1.165, 1.54) is 15.5 Å². The second kappa shape index (κ2) is 10.8. The predicted molar refractivity (Wildman–Crippen MR) is 128 cm³/mol. The fraction of sp³-hybridized carbons (Fsp3) is 0.308. The number of nitrogens with zero attached hydrogens (tertiary/aromatic N) is 3. The van der Waals surface area contributed by atoms with E-state index < -0.39 is 6.04 Å². The van der Waals surface area contributed by atoms with Gasteiger partial charge in [-0.1, -0.05) is 41.6 Å². The molecule has 0 saturated heterocycles. The maximum Gasteiger partial charge on any atom is 0.253 e. The SMILES string of the molecule is Cc1ccccc1C(CC(N=O)c1ccc(=O)n(C)c1)c1ccc(C(=O)N(C)CCO)cc1. The van der Waals surface area contributed by atoms with Gasteiger partial charge in [-0.2, -0.15) is 4.91 Å². The summed E-state index contributed by atoms with van der Waals surface area (Å²) in [4.78, 5) is 37.6. The van der Waals surface area contributed by atoms with Gasteiger partial charge in [0.05, 0.1) is 6.61 Å². The predicted octanol–water partition coefficient (Wildman–Crippen LogP) is 3.79. The molecule has 1 aromatic heterocycles. The Morgan fingerprint density at radius 3 is 2.33 bits per heavy atom. The molecule has 3 rings (SSSR count). The minimum absolute atomic E-state index is 0.0964. The van der Waals surface area contributed by atoms with Crippen molar-refractivity contribution in [1.82, 2.24) is 9.47 Å². The zero-order valence-electron chi connectivity index (χ0n) is 19.1. The third kappa shape index (κ3) is 5.62. The van der Waals surface area contributed by atoms with Crippen molar-refractivity contribution in [2.24, 2.45) is 12.2 Å². The Morgan fingerprint density at radius 2 is 1.73 bits per heavy atom. The first-order valence-electron chi connectivity index (χ1n) is 10.9. The van der Waals surface area contributed by atoms with E-state index in [9.17, 15) is 14.5 Å². The maximum atomic E-state index is 12.5. The van der Waals surface area contributed by atoms with Gasteiger partial charge in [0.2, 0.25) is 5.56 Å². The lowest BCUT2D eigenvalue weighted by Crippen LogP contribution is -2.29. The number of carbonyl (C=O) groups excluding carboxylic acids is 1. The highest BCUT2D eigenvalue weighted by molar-refractivity contribution is 5.94. The van der Waals surface area contributed by atoms with Gasteiger partial charge in [0.1, 0.15) is 6.04 Å². The second-order valence-electron chi connectivity index (χ2n) is 8.25. The quantitative estimate of drug-likeness (QED) is 0.505. The Morgan fingerprint density at radius 1 is 1.06 bits per heavy atom. The first kappa shape index (κ1) is 24.1. The van der Waals surface area contributed by atoms with Gasteiger partial charge < -0.3 is 14.6 Å². The van der Waals surface area contributed by atoms with Gasteiger partial charge in [0, 0.05) is 44.4 Å². The zero-order valence-corrected chi connectivity index (χ0v) is 19.1. The molecular weight excluding hydrogens is 418 g/mol. The van der Waals surface area contributed by atoms with Gasteiger partial charge in [-0.3, -0.25) is 9.59 Å². The molecule has 172 valence electrons. The first-order chi connectivity index (χ1) is 15.8. The second-order valence-corrected chi connectivity index (χ2v) is 8.25. The molecule has 33 heavy (non-hydrogen) atoms. The lowest BCUT2D eigenvalue weighted by Gasteiger charge is -2.23. The molecular formula is C26H29N3O4. The third-order valence-electron chi connectivity index (χ3n) is 5.99. The molecule has 0 aliphatic carbocycles. The Labute approximate surface area is 193 Å². The van der Waals surface area contributed by atoms with Crippen LogP contribution in [0.3, 0.4) is 0 Å². The van der Waals surface area contributed by atoms with E-state index in [1.807, 2.05) is 43.3 Å². The summed E-state index contributed by atoms with van der Waals surface area (Å²) in [6, 6.07) is 17.8. The molecule has 7 nitrogen and oxygen atoms in total. The number of aliphatic hydroxyl groups excluding tert-OH is 1. The minimum atomic E-state index is -0.640. The third-order valence-corrected chi connectivity index (χ3v) is 5.99. The fourth-order valence-electron chi connectivity index (χ4n) is 4.03. The Balaban J connectivity index is 1.97. The van der Waals surface area contributed by atoms with Crippen LogP contribution in [0, 0.1) is 11.8 Å². The van der Waals surface area contributed by atoms with E-state index in [2.05, 4.69) is 5.18 Å². The number of nitroso groups, excluding NO2 is 1. The summed E-state index contributed by atoms with van der Waals surface area (Å²) in [6.07, 6.45) is 2.08. The number of pyridine rings is 1. The molecule has 0 radical (unpaired) electrons. The number of likely N-dealkylation sites (N-methyl/N-ethyl adjacent to an activating group) is 1. The van der Waals surface area contributed by atoms with Gasteiger partial charge in [0.25, 0.3) is 5.91 Å². The van der Waals surface area contributed by atoms with E-state index in [-0.39, 0.29) is 30.5 Å². The van der Waals surface area contributed by atoms with E-state index in [4.69, 9.17) is 5.11 Å². The zero-order chi connectivity index (χ0) is 24.0. The van der Waals surface area contributed by atoms with Gasteiger partial charge in [0.15, 0.2) is 0 Å². The number of amides is 1. The largest absolute Gasteiger partial charge is 0.395 e. The summed E-state index contributed by atoms with van der Waals surface area (Å²) in [5.74, 6) is -0.300. The highest BCUT2D eigenvalue weighted by Crippen LogP contribution is 2.37.